The van der Waals surface area contributed by atoms with E-state index in [9.17, 15) is 14.0 Å². The summed E-state index contributed by atoms with van der Waals surface area (Å²) >= 11 is 0. The van der Waals surface area contributed by atoms with Crippen LogP contribution in [0.25, 0.3) is 10.8 Å². The highest BCUT2D eigenvalue weighted by Gasteiger charge is 2.35. The van der Waals surface area contributed by atoms with Crippen molar-refractivity contribution in [1.82, 2.24) is 20.0 Å². The quantitative estimate of drug-likeness (QED) is 0.664. The number of hydrogen-bond donors (Lipinski definition) is 1. The Hall–Kier alpha value is -3.06. The van der Waals surface area contributed by atoms with E-state index >= 15 is 0 Å². The fourth-order valence-corrected chi connectivity index (χ4v) is 4.56. The summed E-state index contributed by atoms with van der Waals surface area (Å²) in [5.74, 6) is -0.443. The molecule has 32 heavy (non-hydrogen) atoms. The number of halogens is 1. The summed E-state index contributed by atoms with van der Waals surface area (Å²) in [4.78, 5) is 29.9. The molecule has 0 saturated carbocycles. The van der Waals surface area contributed by atoms with Crippen LogP contribution in [-0.2, 0) is 11.3 Å². The molecule has 1 saturated heterocycles. The lowest BCUT2D eigenvalue weighted by atomic mass is 9.95. The lowest BCUT2D eigenvalue weighted by molar-refractivity contribution is -0.139. The first kappa shape index (κ1) is 22.1. The Labute approximate surface area is 187 Å². The zero-order chi connectivity index (χ0) is 22.8. The van der Waals surface area contributed by atoms with E-state index in [0.29, 0.717) is 48.2 Å². The average molecular weight is 437 g/mol. The molecule has 0 bridgehead atoms. The van der Waals surface area contributed by atoms with Crippen molar-refractivity contribution in [3.05, 3.63) is 76.0 Å². The second-order valence-electron chi connectivity index (χ2n) is 8.87. The monoisotopic (exact) mass is 436 g/mol. The Morgan fingerprint density at radius 1 is 1.09 bits per heavy atom. The Kier molecular flexibility index (Phi) is 6.37. The molecule has 0 radical (unpaired) electrons. The molecule has 168 valence electrons. The van der Waals surface area contributed by atoms with Crippen LogP contribution in [0.15, 0.2) is 53.3 Å². The third-order valence-corrected chi connectivity index (χ3v) is 6.41. The second kappa shape index (κ2) is 9.20. The number of H-pyrrole nitrogens is 1. The normalized spacial score (nSPS) is 18.3. The van der Waals surface area contributed by atoms with Crippen molar-refractivity contribution in [2.45, 2.75) is 39.3 Å². The fourth-order valence-electron chi connectivity index (χ4n) is 4.56. The van der Waals surface area contributed by atoms with Gasteiger partial charge in [0.15, 0.2) is 0 Å². The minimum Gasteiger partial charge on any atom is -0.336 e. The van der Waals surface area contributed by atoms with E-state index < -0.39 is 5.92 Å². The first-order chi connectivity index (χ1) is 15.4. The molecular weight excluding hydrogens is 407 g/mol. The molecule has 1 amide bonds. The highest BCUT2D eigenvalue weighted by molar-refractivity contribution is 5.91. The van der Waals surface area contributed by atoms with E-state index in [-0.39, 0.29) is 29.2 Å². The Morgan fingerprint density at radius 2 is 1.78 bits per heavy atom. The molecule has 0 unspecified atom stereocenters. The number of carbonyl (C=O) groups excluding carboxylic acids is 1. The number of carbonyl (C=O) groups is 1. The number of nitrogens with one attached hydrogen (secondary N) is 1. The summed E-state index contributed by atoms with van der Waals surface area (Å²) in [5, 5.41) is 8.01. The molecule has 2 atom stereocenters. The van der Waals surface area contributed by atoms with Crippen molar-refractivity contribution < 1.29 is 9.18 Å². The maximum Gasteiger partial charge on any atom is 0.272 e. The molecule has 0 aliphatic carbocycles. The van der Waals surface area contributed by atoms with E-state index in [1.807, 2.05) is 36.1 Å². The largest absolute Gasteiger partial charge is 0.336 e. The van der Waals surface area contributed by atoms with Crippen molar-refractivity contribution >= 4 is 16.7 Å². The van der Waals surface area contributed by atoms with Crippen LogP contribution in [0.3, 0.4) is 0 Å². The number of aromatic nitrogens is 2. The van der Waals surface area contributed by atoms with Crippen molar-refractivity contribution in [1.29, 1.82) is 0 Å². The van der Waals surface area contributed by atoms with Crippen LogP contribution >= 0.6 is 0 Å². The molecule has 7 heteroatoms. The lowest BCUT2D eigenvalue weighted by Crippen LogP contribution is -2.57. The van der Waals surface area contributed by atoms with E-state index in [4.69, 9.17) is 0 Å². The minimum atomic E-state index is -0.490. The van der Waals surface area contributed by atoms with Gasteiger partial charge in [0.25, 0.3) is 5.56 Å². The first-order valence-electron chi connectivity index (χ1n) is 11.1. The lowest BCUT2D eigenvalue weighted by Gasteiger charge is -2.44. The van der Waals surface area contributed by atoms with Crippen LogP contribution in [0.1, 0.15) is 37.9 Å². The molecule has 1 aromatic heterocycles. The summed E-state index contributed by atoms with van der Waals surface area (Å²) in [5.41, 5.74) is 0.999. The molecular formula is C25H29FN4O2. The van der Waals surface area contributed by atoms with Crippen molar-refractivity contribution in [2.24, 2.45) is 5.92 Å². The predicted octanol–water partition coefficient (Wildman–Crippen LogP) is 3.53. The van der Waals surface area contributed by atoms with Crippen molar-refractivity contribution in [3.8, 4) is 0 Å². The van der Waals surface area contributed by atoms with E-state index in [1.165, 1.54) is 6.07 Å². The second-order valence-corrected chi connectivity index (χ2v) is 8.87. The molecule has 2 heterocycles. The third kappa shape index (κ3) is 4.30. The van der Waals surface area contributed by atoms with Crippen LogP contribution in [0, 0.1) is 11.7 Å². The number of aromatic amines is 1. The van der Waals surface area contributed by atoms with Gasteiger partial charge in [0, 0.05) is 43.2 Å². The molecule has 1 aliphatic rings. The van der Waals surface area contributed by atoms with Gasteiger partial charge in [-0.05, 0) is 25.0 Å². The number of amides is 1. The maximum atomic E-state index is 14.1. The average Bonchev–Trinajstić information content (AvgIpc) is 2.80. The molecule has 2 aromatic carbocycles. The standard InChI is InChI=1S/C25H29FN4O2/c1-16(2)22-15-29(14-18-8-4-7-11-21(18)26)12-13-30(22)25(32)17(3)23-19-9-5-6-10-20(19)24(31)28-27-23/h4-11,16-17,22H,12-15H2,1-3H3,(H,28,31)/t17-,22+/m0/s1. The van der Waals surface area contributed by atoms with Crippen LogP contribution in [0.4, 0.5) is 4.39 Å². The zero-order valence-electron chi connectivity index (χ0n) is 18.7. The molecule has 6 nitrogen and oxygen atoms in total. The van der Waals surface area contributed by atoms with Gasteiger partial charge < -0.3 is 4.90 Å². The van der Waals surface area contributed by atoms with Gasteiger partial charge in [0.05, 0.1) is 17.0 Å². The number of nitrogens with zero attached hydrogens (tertiary/aromatic N) is 3. The topological polar surface area (TPSA) is 69.3 Å². The van der Waals surface area contributed by atoms with E-state index in [1.54, 1.807) is 18.2 Å². The molecule has 1 fully saturated rings. The predicted molar refractivity (Wildman–Crippen MR) is 123 cm³/mol. The van der Waals surface area contributed by atoms with Gasteiger partial charge in [-0.3, -0.25) is 14.5 Å². The third-order valence-electron chi connectivity index (χ3n) is 6.41. The number of rotatable bonds is 5. The van der Waals surface area contributed by atoms with Crippen LogP contribution in [0.5, 0.6) is 0 Å². The van der Waals surface area contributed by atoms with Gasteiger partial charge in [-0.15, -0.1) is 0 Å². The Bertz CT molecular complexity index is 1180. The van der Waals surface area contributed by atoms with Gasteiger partial charge in [0.1, 0.15) is 5.82 Å². The van der Waals surface area contributed by atoms with E-state index in [2.05, 4.69) is 28.9 Å². The first-order valence-corrected chi connectivity index (χ1v) is 11.1. The molecule has 4 rings (SSSR count). The number of benzene rings is 2. The van der Waals surface area contributed by atoms with Crippen LogP contribution in [0.2, 0.25) is 0 Å². The highest BCUT2D eigenvalue weighted by atomic mass is 19.1. The smallest absolute Gasteiger partial charge is 0.272 e. The summed E-state index contributed by atoms with van der Waals surface area (Å²) in [6.45, 7) is 8.52. The summed E-state index contributed by atoms with van der Waals surface area (Å²) in [7, 11) is 0. The van der Waals surface area contributed by atoms with Gasteiger partial charge >= 0.3 is 0 Å². The van der Waals surface area contributed by atoms with Crippen molar-refractivity contribution in [3.63, 3.8) is 0 Å². The van der Waals surface area contributed by atoms with Gasteiger partial charge in [0.2, 0.25) is 5.91 Å². The van der Waals surface area contributed by atoms with Crippen molar-refractivity contribution in [2.75, 3.05) is 19.6 Å². The Morgan fingerprint density at radius 3 is 2.50 bits per heavy atom. The van der Waals surface area contributed by atoms with E-state index in [0.717, 1.165) is 0 Å². The molecule has 3 aromatic rings. The minimum absolute atomic E-state index is 0.000978. The van der Waals surface area contributed by atoms with Gasteiger partial charge in [-0.1, -0.05) is 50.2 Å². The molecule has 0 spiro atoms. The zero-order valence-corrected chi connectivity index (χ0v) is 18.7. The Balaban J connectivity index is 1.55. The van der Waals surface area contributed by atoms with Gasteiger partial charge in [-0.2, -0.15) is 5.10 Å². The van der Waals surface area contributed by atoms with Gasteiger partial charge in [-0.25, -0.2) is 9.49 Å². The summed E-state index contributed by atoms with van der Waals surface area (Å²) in [6, 6.07) is 14.1. The SMILES string of the molecule is CC(C)[C@H]1CN(Cc2ccccc2F)CCN1C(=O)[C@@H](C)c1n[nH]c(=O)c2ccccc12. The molecule has 1 aliphatic heterocycles. The maximum absolute atomic E-state index is 14.1. The van der Waals surface area contributed by atoms with Crippen LogP contribution in [-0.4, -0.2) is 51.6 Å². The highest BCUT2D eigenvalue weighted by Crippen LogP contribution is 2.27. The van der Waals surface area contributed by atoms with Crippen LogP contribution < -0.4 is 5.56 Å². The number of piperazine rings is 1. The fraction of sp³-hybridized carbons (Fsp3) is 0.400. The summed E-state index contributed by atoms with van der Waals surface area (Å²) < 4.78 is 14.1. The number of fused-ring (bicyclic) bond motifs is 1. The molecule has 1 N–H and O–H groups in total. The summed E-state index contributed by atoms with van der Waals surface area (Å²) in [6.07, 6.45) is 0. The number of hydrogen-bond acceptors (Lipinski definition) is 4.